The second-order valence-corrected chi connectivity index (χ2v) is 5.16. The molecule has 1 heterocycles. The van der Waals surface area contributed by atoms with Crippen LogP contribution in [0, 0.1) is 13.8 Å². The summed E-state index contributed by atoms with van der Waals surface area (Å²) in [7, 11) is 0. The third-order valence-electron chi connectivity index (χ3n) is 3.14. The average molecular weight is 273 g/mol. The van der Waals surface area contributed by atoms with Crippen LogP contribution in [0.25, 0.3) is 22.4 Å². The minimum absolute atomic E-state index is 0.165. The average Bonchev–Trinajstić information content (AvgIpc) is 2.76. The molecule has 0 spiro atoms. The van der Waals surface area contributed by atoms with Crippen molar-refractivity contribution in [3.8, 4) is 17.1 Å². The van der Waals surface area contributed by atoms with Gasteiger partial charge >= 0.3 is 0 Å². The number of hydrogen-bond donors (Lipinski definition) is 2. The number of rotatable bonds is 1. The Kier molecular flexibility index (Phi) is 2.72. The van der Waals surface area contributed by atoms with Crippen LogP contribution in [-0.2, 0) is 0 Å². The first kappa shape index (κ1) is 12.1. The summed E-state index contributed by atoms with van der Waals surface area (Å²) in [6.45, 7) is 4.07. The SMILES string of the molecule is Cc1cc(C)c2nc(-c3cc(Cl)ccc3O)[nH]c2c1. The topological polar surface area (TPSA) is 48.9 Å². The van der Waals surface area contributed by atoms with E-state index in [1.807, 2.05) is 19.9 Å². The van der Waals surface area contributed by atoms with Gasteiger partial charge in [-0.15, -0.1) is 0 Å². The normalized spacial score (nSPS) is 11.1. The van der Waals surface area contributed by atoms with Gasteiger partial charge < -0.3 is 10.1 Å². The van der Waals surface area contributed by atoms with E-state index in [0.717, 1.165) is 16.6 Å². The number of aromatic amines is 1. The van der Waals surface area contributed by atoms with Gasteiger partial charge in [0.15, 0.2) is 0 Å². The molecule has 0 fully saturated rings. The van der Waals surface area contributed by atoms with Gasteiger partial charge in [0.25, 0.3) is 0 Å². The van der Waals surface area contributed by atoms with Crippen molar-refractivity contribution in [2.45, 2.75) is 13.8 Å². The van der Waals surface area contributed by atoms with Gasteiger partial charge in [0.1, 0.15) is 11.6 Å². The van der Waals surface area contributed by atoms with Crippen LogP contribution in [0.3, 0.4) is 0 Å². The third kappa shape index (κ3) is 2.06. The molecular weight excluding hydrogens is 260 g/mol. The molecule has 0 saturated carbocycles. The van der Waals surface area contributed by atoms with Crippen LogP contribution in [0.15, 0.2) is 30.3 Å². The Morgan fingerprint density at radius 1 is 1.16 bits per heavy atom. The maximum absolute atomic E-state index is 9.92. The third-order valence-corrected chi connectivity index (χ3v) is 3.37. The molecule has 2 aromatic carbocycles. The summed E-state index contributed by atoms with van der Waals surface area (Å²) in [6.07, 6.45) is 0. The van der Waals surface area contributed by atoms with E-state index in [4.69, 9.17) is 11.6 Å². The molecule has 19 heavy (non-hydrogen) atoms. The Morgan fingerprint density at radius 2 is 1.95 bits per heavy atom. The molecule has 0 saturated heterocycles. The lowest BCUT2D eigenvalue weighted by molar-refractivity contribution is 0.477. The molecule has 3 nitrogen and oxygen atoms in total. The summed E-state index contributed by atoms with van der Waals surface area (Å²) in [4.78, 5) is 7.78. The molecular formula is C15H13ClN2O. The fraction of sp³-hybridized carbons (Fsp3) is 0.133. The summed E-state index contributed by atoms with van der Waals surface area (Å²) in [6, 6.07) is 9.06. The number of benzene rings is 2. The van der Waals surface area contributed by atoms with Gasteiger partial charge in [0, 0.05) is 5.02 Å². The van der Waals surface area contributed by atoms with Crippen LogP contribution in [0.2, 0.25) is 5.02 Å². The van der Waals surface area contributed by atoms with Crippen LogP contribution >= 0.6 is 11.6 Å². The van der Waals surface area contributed by atoms with Gasteiger partial charge in [0.05, 0.1) is 16.6 Å². The fourth-order valence-corrected chi connectivity index (χ4v) is 2.47. The quantitative estimate of drug-likeness (QED) is 0.697. The first-order valence-corrected chi connectivity index (χ1v) is 6.38. The number of aromatic hydroxyl groups is 1. The van der Waals surface area contributed by atoms with Crippen molar-refractivity contribution in [1.29, 1.82) is 0 Å². The monoisotopic (exact) mass is 272 g/mol. The molecule has 4 heteroatoms. The molecule has 1 aromatic heterocycles. The van der Waals surface area contributed by atoms with E-state index in [1.165, 1.54) is 5.56 Å². The highest BCUT2D eigenvalue weighted by Crippen LogP contribution is 2.31. The largest absolute Gasteiger partial charge is 0.507 e. The predicted molar refractivity (Wildman–Crippen MR) is 77.7 cm³/mol. The maximum atomic E-state index is 9.92. The first-order chi connectivity index (χ1) is 9.04. The lowest BCUT2D eigenvalue weighted by Crippen LogP contribution is -1.81. The van der Waals surface area contributed by atoms with Gasteiger partial charge in [-0.1, -0.05) is 17.7 Å². The van der Waals surface area contributed by atoms with Gasteiger partial charge in [0.2, 0.25) is 0 Å². The Hall–Kier alpha value is -2.00. The highest BCUT2D eigenvalue weighted by Gasteiger charge is 2.11. The van der Waals surface area contributed by atoms with Crippen LogP contribution in [0.1, 0.15) is 11.1 Å². The minimum atomic E-state index is 0.165. The molecule has 3 rings (SSSR count). The van der Waals surface area contributed by atoms with Crippen LogP contribution in [-0.4, -0.2) is 15.1 Å². The number of H-pyrrole nitrogens is 1. The van der Waals surface area contributed by atoms with E-state index in [-0.39, 0.29) is 5.75 Å². The second-order valence-electron chi connectivity index (χ2n) is 4.72. The van der Waals surface area contributed by atoms with Gasteiger partial charge in [-0.05, 0) is 49.2 Å². The molecule has 0 radical (unpaired) electrons. The molecule has 0 aliphatic carbocycles. The molecule has 2 N–H and O–H groups in total. The van der Waals surface area contributed by atoms with E-state index in [1.54, 1.807) is 18.2 Å². The van der Waals surface area contributed by atoms with Crippen molar-refractivity contribution >= 4 is 22.6 Å². The van der Waals surface area contributed by atoms with Crippen LogP contribution in [0.5, 0.6) is 5.75 Å². The van der Waals surface area contributed by atoms with Gasteiger partial charge in [-0.2, -0.15) is 0 Å². The van der Waals surface area contributed by atoms with Crippen molar-refractivity contribution in [3.63, 3.8) is 0 Å². The summed E-state index contributed by atoms with van der Waals surface area (Å²) >= 11 is 5.97. The second kappa shape index (κ2) is 4.28. The lowest BCUT2D eigenvalue weighted by Gasteiger charge is -2.01. The summed E-state index contributed by atoms with van der Waals surface area (Å²) in [5.74, 6) is 0.793. The number of nitrogens with zero attached hydrogens (tertiary/aromatic N) is 1. The Labute approximate surface area is 115 Å². The Bertz CT molecular complexity index is 777. The summed E-state index contributed by atoms with van der Waals surface area (Å²) < 4.78 is 0. The van der Waals surface area contributed by atoms with Crippen molar-refractivity contribution in [1.82, 2.24) is 9.97 Å². The van der Waals surface area contributed by atoms with Crippen molar-refractivity contribution in [2.75, 3.05) is 0 Å². The zero-order valence-electron chi connectivity index (χ0n) is 10.7. The predicted octanol–water partition coefficient (Wildman–Crippen LogP) is 4.21. The van der Waals surface area contributed by atoms with Gasteiger partial charge in [-0.3, -0.25) is 0 Å². The highest BCUT2D eigenvalue weighted by atomic mass is 35.5. The fourth-order valence-electron chi connectivity index (χ4n) is 2.30. The summed E-state index contributed by atoms with van der Waals surface area (Å²) in [5, 5.41) is 10.5. The molecule has 0 aliphatic rings. The number of imidazole rings is 1. The van der Waals surface area contributed by atoms with E-state index in [0.29, 0.717) is 16.4 Å². The molecule has 0 atom stereocenters. The molecule has 0 amide bonds. The molecule has 96 valence electrons. The van der Waals surface area contributed by atoms with E-state index in [9.17, 15) is 5.11 Å². The molecule has 3 aromatic rings. The number of nitrogens with one attached hydrogen (secondary N) is 1. The molecule has 0 aliphatic heterocycles. The Morgan fingerprint density at radius 3 is 2.74 bits per heavy atom. The Balaban J connectivity index is 2.26. The summed E-state index contributed by atoms with van der Waals surface area (Å²) in [5.41, 5.74) is 4.78. The molecule has 0 unspecified atom stereocenters. The highest BCUT2D eigenvalue weighted by molar-refractivity contribution is 6.30. The number of hydrogen-bond acceptors (Lipinski definition) is 2. The van der Waals surface area contributed by atoms with Gasteiger partial charge in [-0.25, -0.2) is 4.98 Å². The number of aryl methyl sites for hydroxylation is 2. The smallest absolute Gasteiger partial charge is 0.142 e. The minimum Gasteiger partial charge on any atom is -0.507 e. The zero-order valence-corrected chi connectivity index (χ0v) is 11.4. The number of phenols is 1. The number of aromatic nitrogens is 2. The number of halogens is 1. The van der Waals surface area contributed by atoms with E-state index < -0.39 is 0 Å². The maximum Gasteiger partial charge on any atom is 0.142 e. The number of phenolic OH excluding ortho intramolecular Hbond substituents is 1. The van der Waals surface area contributed by atoms with Crippen molar-refractivity contribution in [3.05, 3.63) is 46.5 Å². The van der Waals surface area contributed by atoms with Crippen molar-refractivity contribution < 1.29 is 5.11 Å². The zero-order chi connectivity index (χ0) is 13.6. The first-order valence-electron chi connectivity index (χ1n) is 6.00. The number of fused-ring (bicyclic) bond motifs is 1. The van der Waals surface area contributed by atoms with E-state index >= 15 is 0 Å². The van der Waals surface area contributed by atoms with Crippen LogP contribution in [0.4, 0.5) is 0 Å². The molecule has 0 bridgehead atoms. The standard InChI is InChI=1S/C15H13ClN2O/c1-8-5-9(2)14-12(6-8)17-15(18-14)11-7-10(16)3-4-13(11)19/h3-7,19H,1-2H3,(H,17,18). The van der Waals surface area contributed by atoms with Crippen molar-refractivity contribution in [2.24, 2.45) is 0 Å². The van der Waals surface area contributed by atoms with Crippen LogP contribution < -0.4 is 0 Å². The lowest BCUT2D eigenvalue weighted by atomic mass is 10.1. The van der Waals surface area contributed by atoms with E-state index in [2.05, 4.69) is 16.0 Å².